The third-order valence-electron chi connectivity index (χ3n) is 2.81. The highest BCUT2D eigenvalue weighted by atomic mass is 16.6. The van der Waals surface area contributed by atoms with Crippen molar-refractivity contribution in [3.05, 3.63) is 46.0 Å². The zero-order valence-electron chi connectivity index (χ0n) is 9.50. The van der Waals surface area contributed by atoms with E-state index in [-0.39, 0.29) is 17.3 Å². The first-order valence-electron chi connectivity index (χ1n) is 5.51. The summed E-state index contributed by atoms with van der Waals surface area (Å²) < 4.78 is 0. The highest BCUT2D eigenvalue weighted by molar-refractivity contribution is 5.89. The first kappa shape index (κ1) is 12.1. The van der Waals surface area contributed by atoms with Crippen LogP contribution in [0.4, 0.5) is 11.4 Å². The van der Waals surface area contributed by atoms with Crippen LogP contribution in [0.15, 0.2) is 30.4 Å². The van der Waals surface area contributed by atoms with Crippen LogP contribution in [0.2, 0.25) is 0 Å². The van der Waals surface area contributed by atoms with E-state index in [0.717, 1.165) is 18.9 Å². The molecule has 0 radical (unpaired) electrons. The van der Waals surface area contributed by atoms with E-state index in [2.05, 4.69) is 5.32 Å². The lowest BCUT2D eigenvalue weighted by molar-refractivity contribution is -0.384. The third kappa shape index (κ3) is 2.48. The molecule has 1 aliphatic rings. The molecule has 18 heavy (non-hydrogen) atoms. The van der Waals surface area contributed by atoms with Crippen LogP contribution in [0.3, 0.4) is 0 Å². The van der Waals surface area contributed by atoms with Crippen molar-refractivity contribution >= 4 is 17.3 Å². The SMILES string of the molecule is O=C(O)c1ccc(NC2CC=CC2)c([N+](=O)[O-])c1. The first-order valence-corrected chi connectivity index (χ1v) is 5.51. The summed E-state index contributed by atoms with van der Waals surface area (Å²) in [4.78, 5) is 21.1. The number of rotatable bonds is 4. The number of anilines is 1. The van der Waals surface area contributed by atoms with Crippen molar-refractivity contribution in [3.63, 3.8) is 0 Å². The Morgan fingerprint density at radius 3 is 2.61 bits per heavy atom. The first-order chi connectivity index (χ1) is 8.58. The number of carbonyl (C=O) groups is 1. The summed E-state index contributed by atoms with van der Waals surface area (Å²) in [5.74, 6) is -1.17. The number of nitro benzene ring substituents is 1. The van der Waals surface area contributed by atoms with E-state index in [1.165, 1.54) is 12.1 Å². The van der Waals surface area contributed by atoms with Crippen LogP contribution in [0.1, 0.15) is 23.2 Å². The standard InChI is InChI=1S/C12H12N2O4/c15-12(16)8-5-6-10(11(7-8)14(17)18)13-9-3-1-2-4-9/h1-2,5-7,9,13H,3-4H2,(H,15,16). The molecule has 0 saturated heterocycles. The minimum absolute atomic E-state index is 0.0863. The summed E-state index contributed by atoms with van der Waals surface area (Å²) >= 11 is 0. The van der Waals surface area contributed by atoms with Crippen LogP contribution in [0, 0.1) is 10.1 Å². The molecule has 0 heterocycles. The number of nitrogens with one attached hydrogen (secondary N) is 1. The van der Waals surface area contributed by atoms with Crippen molar-refractivity contribution < 1.29 is 14.8 Å². The highest BCUT2D eigenvalue weighted by Gasteiger charge is 2.20. The number of aromatic carboxylic acids is 1. The lowest BCUT2D eigenvalue weighted by Gasteiger charge is -2.13. The molecule has 6 heteroatoms. The Labute approximate surface area is 103 Å². The predicted molar refractivity (Wildman–Crippen MR) is 65.8 cm³/mol. The summed E-state index contributed by atoms with van der Waals surface area (Å²) in [6.07, 6.45) is 5.65. The quantitative estimate of drug-likeness (QED) is 0.485. The predicted octanol–water partition coefficient (Wildman–Crippen LogP) is 2.42. The molecule has 2 rings (SSSR count). The number of benzene rings is 1. The normalized spacial score (nSPS) is 14.7. The van der Waals surface area contributed by atoms with Crippen molar-refractivity contribution in [1.29, 1.82) is 0 Å². The Morgan fingerprint density at radius 1 is 1.39 bits per heavy atom. The van der Waals surface area contributed by atoms with Gasteiger partial charge < -0.3 is 10.4 Å². The molecule has 0 saturated carbocycles. The van der Waals surface area contributed by atoms with Crippen molar-refractivity contribution in [2.75, 3.05) is 5.32 Å². The van der Waals surface area contributed by atoms with Crippen molar-refractivity contribution in [3.8, 4) is 0 Å². The van der Waals surface area contributed by atoms with Crippen molar-refractivity contribution in [2.24, 2.45) is 0 Å². The van der Waals surface area contributed by atoms with Gasteiger partial charge in [-0.15, -0.1) is 0 Å². The number of nitrogens with zero attached hydrogens (tertiary/aromatic N) is 1. The molecule has 0 aliphatic heterocycles. The molecule has 0 amide bonds. The van der Waals surface area contributed by atoms with Gasteiger partial charge in [-0.3, -0.25) is 10.1 Å². The Bertz CT molecular complexity index is 517. The summed E-state index contributed by atoms with van der Waals surface area (Å²) in [7, 11) is 0. The molecule has 0 fully saturated rings. The van der Waals surface area contributed by atoms with Gasteiger partial charge in [-0.05, 0) is 25.0 Å². The monoisotopic (exact) mass is 248 g/mol. The molecule has 94 valence electrons. The largest absolute Gasteiger partial charge is 0.478 e. The van der Waals surface area contributed by atoms with Gasteiger partial charge in [0.1, 0.15) is 5.69 Å². The molecule has 0 bridgehead atoms. The number of carboxylic acid groups (broad SMARTS) is 1. The molecular weight excluding hydrogens is 236 g/mol. The number of nitro groups is 1. The van der Waals surface area contributed by atoms with E-state index in [0.29, 0.717) is 5.69 Å². The van der Waals surface area contributed by atoms with Gasteiger partial charge in [-0.1, -0.05) is 12.2 Å². The van der Waals surface area contributed by atoms with Crippen molar-refractivity contribution in [2.45, 2.75) is 18.9 Å². The third-order valence-corrected chi connectivity index (χ3v) is 2.81. The van der Waals surface area contributed by atoms with Crippen LogP contribution < -0.4 is 5.32 Å². The average Bonchev–Trinajstić information content (AvgIpc) is 2.81. The highest BCUT2D eigenvalue weighted by Crippen LogP contribution is 2.28. The van der Waals surface area contributed by atoms with Crippen LogP contribution in [0.25, 0.3) is 0 Å². The van der Waals surface area contributed by atoms with Crippen LogP contribution in [-0.2, 0) is 0 Å². The van der Waals surface area contributed by atoms with Gasteiger partial charge in [0.15, 0.2) is 0 Å². The van der Waals surface area contributed by atoms with Gasteiger partial charge in [-0.25, -0.2) is 4.79 Å². The maximum atomic E-state index is 10.9. The zero-order valence-corrected chi connectivity index (χ0v) is 9.50. The van der Waals surface area contributed by atoms with E-state index in [9.17, 15) is 14.9 Å². The minimum atomic E-state index is -1.17. The summed E-state index contributed by atoms with van der Waals surface area (Å²) in [5.41, 5.74) is 0.0669. The summed E-state index contributed by atoms with van der Waals surface area (Å²) in [6.45, 7) is 0. The molecule has 2 N–H and O–H groups in total. The Balaban J connectivity index is 2.28. The molecule has 1 aliphatic carbocycles. The van der Waals surface area contributed by atoms with Crippen LogP contribution in [-0.4, -0.2) is 22.0 Å². The van der Waals surface area contributed by atoms with E-state index in [1.54, 1.807) is 0 Å². The lowest BCUT2D eigenvalue weighted by Crippen LogP contribution is -2.16. The Hall–Kier alpha value is -2.37. The molecule has 6 nitrogen and oxygen atoms in total. The van der Waals surface area contributed by atoms with Gasteiger partial charge >= 0.3 is 5.97 Å². The minimum Gasteiger partial charge on any atom is -0.478 e. The maximum Gasteiger partial charge on any atom is 0.335 e. The van der Waals surface area contributed by atoms with Crippen LogP contribution >= 0.6 is 0 Å². The second-order valence-electron chi connectivity index (χ2n) is 4.08. The summed E-state index contributed by atoms with van der Waals surface area (Å²) in [6, 6.07) is 4.02. The Kier molecular flexibility index (Phi) is 3.27. The fraction of sp³-hybridized carbons (Fsp3) is 0.250. The molecule has 1 aromatic rings. The fourth-order valence-electron chi connectivity index (χ4n) is 1.89. The van der Waals surface area contributed by atoms with Crippen molar-refractivity contribution in [1.82, 2.24) is 0 Å². The van der Waals surface area contributed by atoms with Crippen LogP contribution in [0.5, 0.6) is 0 Å². The van der Waals surface area contributed by atoms with Gasteiger partial charge in [0, 0.05) is 12.1 Å². The van der Waals surface area contributed by atoms with E-state index < -0.39 is 10.9 Å². The van der Waals surface area contributed by atoms with E-state index >= 15 is 0 Å². The van der Waals surface area contributed by atoms with Gasteiger partial charge in [0.05, 0.1) is 10.5 Å². The summed E-state index contributed by atoms with van der Waals surface area (Å²) in [5, 5.41) is 22.8. The molecule has 0 aromatic heterocycles. The van der Waals surface area contributed by atoms with Gasteiger partial charge in [-0.2, -0.15) is 0 Å². The van der Waals surface area contributed by atoms with Gasteiger partial charge in [0.25, 0.3) is 5.69 Å². The van der Waals surface area contributed by atoms with Gasteiger partial charge in [0.2, 0.25) is 0 Å². The number of carboxylic acids is 1. The van der Waals surface area contributed by atoms with E-state index in [1.807, 2.05) is 12.2 Å². The second-order valence-corrected chi connectivity index (χ2v) is 4.08. The second kappa shape index (κ2) is 4.87. The molecule has 0 atom stereocenters. The molecule has 0 unspecified atom stereocenters. The fourth-order valence-corrected chi connectivity index (χ4v) is 1.89. The number of hydrogen-bond acceptors (Lipinski definition) is 4. The number of hydrogen-bond donors (Lipinski definition) is 2. The Morgan fingerprint density at radius 2 is 2.06 bits per heavy atom. The van der Waals surface area contributed by atoms with E-state index in [4.69, 9.17) is 5.11 Å². The lowest BCUT2D eigenvalue weighted by atomic mass is 10.1. The average molecular weight is 248 g/mol. The zero-order chi connectivity index (χ0) is 13.1. The maximum absolute atomic E-state index is 10.9. The smallest absolute Gasteiger partial charge is 0.335 e. The topological polar surface area (TPSA) is 92.5 Å². The molecule has 0 spiro atoms. The molecule has 1 aromatic carbocycles. The molecular formula is C12H12N2O4.